The first kappa shape index (κ1) is 13.1. The molecule has 4 rings (SSSR count). The van der Waals surface area contributed by atoms with Gasteiger partial charge in [-0.25, -0.2) is 4.98 Å². The van der Waals surface area contributed by atoms with Gasteiger partial charge < -0.3 is 4.57 Å². The minimum atomic E-state index is 0.863. The summed E-state index contributed by atoms with van der Waals surface area (Å²) in [5.74, 6) is 0. The molecule has 1 heterocycles. The number of aromatic nitrogens is 2. The van der Waals surface area contributed by atoms with Crippen molar-refractivity contribution in [2.24, 2.45) is 0 Å². The van der Waals surface area contributed by atoms with Gasteiger partial charge in [-0.1, -0.05) is 54.6 Å². The fourth-order valence-electron chi connectivity index (χ4n) is 3.15. The van der Waals surface area contributed by atoms with E-state index in [-0.39, 0.29) is 0 Å². The third-order valence-corrected chi connectivity index (χ3v) is 4.29. The van der Waals surface area contributed by atoms with Gasteiger partial charge in [0.05, 0.1) is 18.2 Å². The SMILES string of the molecule is C(=C1/CCc2ccccc21)/c1cncn1Cc1ccccc1. The van der Waals surface area contributed by atoms with E-state index in [0.29, 0.717) is 0 Å². The number of benzene rings is 2. The van der Waals surface area contributed by atoms with Gasteiger partial charge in [0.2, 0.25) is 0 Å². The zero-order valence-electron chi connectivity index (χ0n) is 12.4. The summed E-state index contributed by atoms with van der Waals surface area (Å²) in [5.41, 5.74) is 6.76. The zero-order valence-corrected chi connectivity index (χ0v) is 12.4. The summed E-state index contributed by atoms with van der Waals surface area (Å²) in [6.07, 6.45) is 8.43. The maximum Gasteiger partial charge on any atom is 0.0953 e. The first-order chi connectivity index (χ1) is 10.9. The average molecular weight is 286 g/mol. The van der Waals surface area contributed by atoms with Crippen molar-refractivity contribution in [2.45, 2.75) is 19.4 Å². The van der Waals surface area contributed by atoms with Crippen LogP contribution in [0.3, 0.4) is 0 Å². The molecule has 2 aromatic carbocycles. The Kier molecular flexibility index (Phi) is 3.36. The summed E-state index contributed by atoms with van der Waals surface area (Å²) >= 11 is 0. The summed E-state index contributed by atoms with van der Waals surface area (Å²) < 4.78 is 2.21. The molecule has 0 unspecified atom stereocenters. The Morgan fingerprint density at radius 2 is 1.77 bits per heavy atom. The highest BCUT2D eigenvalue weighted by molar-refractivity contribution is 5.84. The molecule has 1 aliphatic rings. The Morgan fingerprint density at radius 3 is 2.68 bits per heavy atom. The fraction of sp³-hybridized carbons (Fsp3) is 0.150. The first-order valence-corrected chi connectivity index (χ1v) is 7.73. The second kappa shape index (κ2) is 5.64. The van der Waals surface area contributed by atoms with Gasteiger partial charge in [-0.2, -0.15) is 0 Å². The lowest BCUT2D eigenvalue weighted by atomic mass is 10.1. The first-order valence-electron chi connectivity index (χ1n) is 7.73. The molecular weight excluding hydrogens is 268 g/mol. The molecule has 22 heavy (non-hydrogen) atoms. The number of hydrogen-bond donors (Lipinski definition) is 0. The number of imidazole rings is 1. The summed E-state index contributed by atoms with van der Waals surface area (Å²) in [7, 11) is 0. The molecular formula is C20H18N2. The van der Waals surface area contributed by atoms with Crippen LogP contribution in [0.4, 0.5) is 0 Å². The van der Waals surface area contributed by atoms with Crippen LogP contribution in [0.5, 0.6) is 0 Å². The molecule has 0 saturated heterocycles. The van der Waals surface area contributed by atoms with Crippen LogP contribution in [0, 0.1) is 0 Å². The normalized spacial score (nSPS) is 15.2. The monoisotopic (exact) mass is 286 g/mol. The number of rotatable bonds is 3. The Hall–Kier alpha value is -2.61. The Bertz CT molecular complexity index is 812. The van der Waals surface area contributed by atoms with Gasteiger partial charge >= 0.3 is 0 Å². The van der Waals surface area contributed by atoms with Crippen molar-refractivity contribution in [3.05, 3.63) is 89.5 Å². The second-order valence-electron chi connectivity index (χ2n) is 5.76. The lowest BCUT2D eigenvalue weighted by Crippen LogP contribution is -2.00. The zero-order chi connectivity index (χ0) is 14.8. The van der Waals surface area contributed by atoms with Crippen LogP contribution >= 0.6 is 0 Å². The van der Waals surface area contributed by atoms with Crippen LogP contribution in [0.1, 0.15) is 28.8 Å². The maximum atomic E-state index is 4.33. The van der Waals surface area contributed by atoms with E-state index in [9.17, 15) is 0 Å². The highest BCUT2D eigenvalue weighted by atomic mass is 15.0. The van der Waals surface area contributed by atoms with Gasteiger partial charge in [0.1, 0.15) is 0 Å². The Labute approximate surface area is 130 Å². The standard InChI is InChI=1S/C20H18N2/c1-2-6-16(7-3-1)14-22-15-21-13-19(22)12-18-11-10-17-8-4-5-9-20(17)18/h1-9,12-13,15H,10-11,14H2/b18-12+. The molecule has 1 aromatic heterocycles. The van der Waals surface area contributed by atoms with E-state index in [1.165, 1.54) is 28.0 Å². The van der Waals surface area contributed by atoms with E-state index >= 15 is 0 Å². The van der Waals surface area contributed by atoms with Crippen molar-refractivity contribution in [3.8, 4) is 0 Å². The summed E-state index contributed by atoms with van der Waals surface area (Å²) in [6.45, 7) is 0.863. The number of fused-ring (bicyclic) bond motifs is 1. The molecule has 0 atom stereocenters. The highest BCUT2D eigenvalue weighted by Gasteiger charge is 2.15. The van der Waals surface area contributed by atoms with E-state index in [1.54, 1.807) is 0 Å². The molecule has 0 amide bonds. The Balaban J connectivity index is 1.65. The third kappa shape index (κ3) is 2.48. The van der Waals surface area contributed by atoms with Gasteiger partial charge in [-0.3, -0.25) is 0 Å². The predicted molar refractivity (Wildman–Crippen MR) is 90.4 cm³/mol. The number of hydrogen-bond acceptors (Lipinski definition) is 1. The molecule has 0 radical (unpaired) electrons. The van der Waals surface area contributed by atoms with Gasteiger partial charge in [-0.05, 0) is 41.2 Å². The smallest absolute Gasteiger partial charge is 0.0953 e. The van der Waals surface area contributed by atoms with Crippen LogP contribution in [0.15, 0.2) is 67.1 Å². The lowest BCUT2D eigenvalue weighted by Gasteiger charge is -2.07. The molecule has 108 valence electrons. The van der Waals surface area contributed by atoms with Crippen LogP contribution in [-0.2, 0) is 13.0 Å². The van der Waals surface area contributed by atoms with Gasteiger partial charge in [-0.15, -0.1) is 0 Å². The van der Waals surface area contributed by atoms with Crippen molar-refractivity contribution in [1.29, 1.82) is 0 Å². The van der Waals surface area contributed by atoms with Crippen molar-refractivity contribution in [1.82, 2.24) is 9.55 Å². The van der Waals surface area contributed by atoms with Crippen LogP contribution in [-0.4, -0.2) is 9.55 Å². The van der Waals surface area contributed by atoms with E-state index in [1.807, 2.05) is 12.5 Å². The predicted octanol–water partition coefficient (Wildman–Crippen LogP) is 4.42. The van der Waals surface area contributed by atoms with E-state index in [0.717, 1.165) is 19.4 Å². The van der Waals surface area contributed by atoms with Crippen LogP contribution in [0.25, 0.3) is 11.6 Å². The van der Waals surface area contributed by atoms with Crippen molar-refractivity contribution < 1.29 is 0 Å². The highest BCUT2D eigenvalue weighted by Crippen LogP contribution is 2.33. The molecule has 0 spiro atoms. The molecule has 0 bridgehead atoms. The lowest BCUT2D eigenvalue weighted by molar-refractivity contribution is 0.789. The summed E-state index contributed by atoms with van der Waals surface area (Å²) in [4.78, 5) is 4.33. The minimum absolute atomic E-state index is 0.863. The van der Waals surface area contributed by atoms with E-state index < -0.39 is 0 Å². The molecule has 3 aromatic rings. The molecule has 0 saturated carbocycles. The molecule has 0 N–H and O–H groups in total. The summed E-state index contributed by atoms with van der Waals surface area (Å²) in [5, 5.41) is 0. The number of nitrogens with zero attached hydrogens (tertiary/aromatic N) is 2. The maximum absolute atomic E-state index is 4.33. The van der Waals surface area contributed by atoms with Crippen LogP contribution in [0.2, 0.25) is 0 Å². The van der Waals surface area contributed by atoms with Gasteiger partial charge in [0.25, 0.3) is 0 Å². The quantitative estimate of drug-likeness (QED) is 0.697. The minimum Gasteiger partial charge on any atom is -0.327 e. The molecule has 0 fully saturated rings. The van der Waals surface area contributed by atoms with Crippen LogP contribution < -0.4 is 0 Å². The third-order valence-electron chi connectivity index (χ3n) is 4.29. The van der Waals surface area contributed by atoms with E-state index in [4.69, 9.17) is 0 Å². The molecule has 2 nitrogen and oxygen atoms in total. The average Bonchev–Trinajstić information content (AvgIpc) is 3.17. The van der Waals surface area contributed by atoms with Crippen molar-refractivity contribution in [3.63, 3.8) is 0 Å². The van der Waals surface area contributed by atoms with Gasteiger partial charge in [0, 0.05) is 6.54 Å². The topological polar surface area (TPSA) is 17.8 Å². The molecule has 0 aliphatic heterocycles. The van der Waals surface area contributed by atoms with Crippen molar-refractivity contribution >= 4 is 11.6 Å². The largest absolute Gasteiger partial charge is 0.327 e. The molecule has 1 aliphatic carbocycles. The van der Waals surface area contributed by atoms with Crippen molar-refractivity contribution in [2.75, 3.05) is 0 Å². The fourth-order valence-corrected chi connectivity index (χ4v) is 3.15. The summed E-state index contributed by atoms with van der Waals surface area (Å²) in [6, 6.07) is 19.2. The number of aryl methyl sites for hydroxylation is 1. The molecule has 2 heteroatoms. The van der Waals surface area contributed by atoms with Gasteiger partial charge in [0.15, 0.2) is 0 Å². The number of allylic oxidation sites excluding steroid dienone is 1. The second-order valence-corrected chi connectivity index (χ2v) is 5.76. The Morgan fingerprint density at radius 1 is 0.955 bits per heavy atom. The van der Waals surface area contributed by atoms with E-state index in [2.05, 4.69) is 70.2 Å².